The van der Waals surface area contributed by atoms with Crippen molar-refractivity contribution in [3.05, 3.63) is 30.0 Å². The van der Waals surface area contributed by atoms with Crippen molar-refractivity contribution in [2.75, 3.05) is 31.7 Å². The minimum Gasteiger partial charge on any atom is -0.478 e. The first kappa shape index (κ1) is 22.5. The SMILES string of the molecule is CCOC(CN(C)c1c(C(=O)O)cnc2c(SC(C)(C)C)cccc12)OCC. The van der Waals surface area contributed by atoms with Gasteiger partial charge in [0.2, 0.25) is 0 Å². The quantitative estimate of drug-likeness (QED) is 0.480. The van der Waals surface area contributed by atoms with E-state index in [0.717, 1.165) is 15.8 Å². The molecule has 2 rings (SSSR count). The molecule has 28 heavy (non-hydrogen) atoms. The molecule has 7 heteroatoms. The lowest BCUT2D eigenvalue weighted by molar-refractivity contribution is -0.129. The van der Waals surface area contributed by atoms with Gasteiger partial charge in [0.05, 0.1) is 17.7 Å². The molecular formula is C21H30N2O4S. The number of carboxylic acids is 1. The van der Waals surface area contributed by atoms with Gasteiger partial charge in [-0.25, -0.2) is 4.79 Å². The first-order valence-corrected chi connectivity index (χ1v) is 10.3. The Morgan fingerprint density at radius 1 is 1.25 bits per heavy atom. The van der Waals surface area contributed by atoms with Gasteiger partial charge in [0.1, 0.15) is 5.56 Å². The Hall–Kier alpha value is -1.83. The van der Waals surface area contributed by atoms with Crippen LogP contribution in [0.15, 0.2) is 29.3 Å². The predicted molar refractivity (Wildman–Crippen MR) is 115 cm³/mol. The summed E-state index contributed by atoms with van der Waals surface area (Å²) in [6.45, 7) is 11.7. The normalized spacial score (nSPS) is 12.0. The first-order valence-electron chi connectivity index (χ1n) is 9.46. The summed E-state index contributed by atoms with van der Waals surface area (Å²) in [4.78, 5) is 19.3. The number of rotatable bonds is 9. The van der Waals surface area contributed by atoms with Crippen LogP contribution in [0.3, 0.4) is 0 Å². The van der Waals surface area contributed by atoms with Gasteiger partial charge in [0.15, 0.2) is 6.29 Å². The fourth-order valence-electron chi connectivity index (χ4n) is 3.00. The molecule has 0 amide bonds. The lowest BCUT2D eigenvalue weighted by Gasteiger charge is -2.28. The van der Waals surface area contributed by atoms with Crippen LogP contribution in [0.25, 0.3) is 10.9 Å². The van der Waals surface area contributed by atoms with Crippen LogP contribution >= 0.6 is 11.8 Å². The maximum atomic E-state index is 11.9. The van der Waals surface area contributed by atoms with Crippen molar-refractivity contribution in [1.82, 2.24) is 4.98 Å². The summed E-state index contributed by atoms with van der Waals surface area (Å²) in [5, 5.41) is 10.5. The third-order valence-corrected chi connectivity index (χ3v) is 5.15. The summed E-state index contributed by atoms with van der Waals surface area (Å²) in [5.41, 5.74) is 1.59. The minimum atomic E-state index is -1.01. The van der Waals surface area contributed by atoms with Crippen LogP contribution in [0, 0.1) is 0 Å². The number of pyridine rings is 1. The second kappa shape index (κ2) is 9.58. The van der Waals surface area contributed by atoms with Gasteiger partial charge >= 0.3 is 5.97 Å². The van der Waals surface area contributed by atoms with Gasteiger partial charge in [-0.2, -0.15) is 0 Å². The Balaban J connectivity index is 2.56. The minimum absolute atomic E-state index is 0.0164. The molecule has 0 radical (unpaired) electrons. The molecule has 1 N–H and O–H groups in total. The van der Waals surface area contributed by atoms with Crippen molar-refractivity contribution in [2.45, 2.75) is 50.6 Å². The van der Waals surface area contributed by atoms with Crippen LogP contribution in [0.5, 0.6) is 0 Å². The number of benzene rings is 1. The van der Waals surface area contributed by atoms with Crippen molar-refractivity contribution in [2.24, 2.45) is 0 Å². The maximum Gasteiger partial charge on any atom is 0.339 e. The number of hydrogen-bond acceptors (Lipinski definition) is 6. The van der Waals surface area contributed by atoms with E-state index < -0.39 is 12.3 Å². The molecule has 2 aromatic rings. The number of thioether (sulfide) groups is 1. The third kappa shape index (κ3) is 5.59. The number of nitrogens with zero attached hydrogens (tertiary/aromatic N) is 2. The number of ether oxygens (including phenoxy) is 2. The van der Waals surface area contributed by atoms with Gasteiger partial charge in [-0.1, -0.05) is 32.9 Å². The highest BCUT2D eigenvalue weighted by Gasteiger charge is 2.23. The molecule has 0 spiro atoms. The lowest BCUT2D eigenvalue weighted by Crippen LogP contribution is -2.34. The Labute approximate surface area is 171 Å². The van der Waals surface area contributed by atoms with Gasteiger partial charge in [0, 0.05) is 41.5 Å². The second-order valence-electron chi connectivity index (χ2n) is 7.41. The molecule has 0 saturated carbocycles. The maximum absolute atomic E-state index is 11.9. The zero-order chi connectivity index (χ0) is 20.9. The van der Waals surface area contributed by atoms with Crippen molar-refractivity contribution >= 4 is 34.3 Å². The van der Waals surface area contributed by atoms with Gasteiger partial charge < -0.3 is 19.5 Å². The van der Waals surface area contributed by atoms with Crippen LogP contribution in [0.2, 0.25) is 0 Å². The summed E-state index contributed by atoms with van der Waals surface area (Å²) in [5.74, 6) is -1.01. The van der Waals surface area contributed by atoms with Crippen LogP contribution in [-0.2, 0) is 9.47 Å². The van der Waals surface area contributed by atoms with Gasteiger partial charge in [-0.15, -0.1) is 11.8 Å². The first-order chi connectivity index (χ1) is 13.2. The molecule has 0 aliphatic heterocycles. The molecular weight excluding hydrogens is 376 g/mol. The van der Waals surface area contributed by atoms with E-state index in [1.54, 1.807) is 11.8 Å². The topological polar surface area (TPSA) is 71.9 Å². The molecule has 0 atom stereocenters. The fraction of sp³-hybridized carbons (Fsp3) is 0.524. The Morgan fingerprint density at radius 2 is 1.89 bits per heavy atom. The van der Waals surface area contributed by atoms with E-state index >= 15 is 0 Å². The number of carboxylic acid groups (broad SMARTS) is 1. The molecule has 0 bridgehead atoms. The molecule has 1 aromatic heterocycles. The van der Waals surface area contributed by atoms with Gasteiger partial charge in [-0.3, -0.25) is 4.98 Å². The van der Waals surface area contributed by atoms with E-state index in [1.165, 1.54) is 6.20 Å². The Kier molecular flexibility index (Phi) is 7.69. The highest BCUT2D eigenvalue weighted by Crippen LogP contribution is 2.39. The molecule has 1 aromatic carbocycles. The van der Waals surface area contributed by atoms with Crippen LogP contribution in [0.4, 0.5) is 5.69 Å². The molecule has 0 fully saturated rings. The third-order valence-electron chi connectivity index (χ3n) is 3.99. The molecule has 154 valence electrons. The molecule has 6 nitrogen and oxygen atoms in total. The van der Waals surface area contributed by atoms with Crippen molar-refractivity contribution in [3.63, 3.8) is 0 Å². The molecule has 0 saturated heterocycles. The van der Waals surface area contributed by atoms with Gasteiger partial charge in [0.25, 0.3) is 0 Å². The largest absolute Gasteiger partial charge is 0.478 e. The van der Waals surface area contributed by atoms with Gasteiger partial charge in [-0.05, 0) is 19.9 Å². The zero-order valence-electron chi connectivity index (χ0n) is 17.5. The van der Waals surface area contributed by atoms with Crippen molar-refractivity contribution in [1.29, 1.82) is 0 Å². The predicted octanol–water partition coefficient (Wildman–Crippen LogP) is 4.66. The standard InChI is InChI=1S/C21H30N2O4S/c1-7-26-17(27-8-2)13-23(6)19-14-10-9-11-16(28-21(3,4)5)18(14)22-12-15(19)20(24)25/h9-12,17H,7-8,13H2,1-6H3,(H,24,25). The number of carbonyl (C=O) groups is 1. The molecule has 1 heterocycles. The fourth-order valence-corrected chi connectivity index (χ4v) is 4.07. The van der Waals surface area contributed by atoms with E-state index in [0.29, 0.717) is 25.4 Å². The Morgan fingerprint density at radius 3 is 2.43 bits per heavy atom. The smallest absolute Gasteiger partial charge is 0.339 e. The Bertz CT molecular complexity index is 814. The van der Waals surface area contributed by atoms with Crippen molar-refractivity contribution in [3.8, 4) is 0 Å². The number of fused-ring (bicyclic) bond motifs is 1. The summed E-state index contributed by atoms with van der Waals surface area (Å²) < 4.78 is 11.3. The number of para-hydroxylation sites is 1. The molecule has 0 aliphatic rings. The van der Waals surface area contributed by atoms with Crippen LogP contribution in [0.1, 0.15) is 45.0 Å². The van der Waals surface area contributed by atoms with Crippen LogP contribution in [-0.4, -0.2) is 53.9 Å². The highest BCUT2D eigenvalue weighted by atomic mass is 32.2. The number of likely N-dealkylation sites (N-methyl/N-ethyl adjacent to an activating group) is 1. The monoisotopic (exact) mass is 406 g/mol. The molecule has 0 unspecified atom stereocenters. The second-order valence-corrected chi connectivity index (χ2v) is 9.28. The average molecular weight is 407 g/mol. The van der Waals surface area contributed by atoms with E-state index in [1.807, 2.05) is 44.0 Å². The van der Waals surface area contributed by atoms with E-state index in [2.05, 4.69) is 25.8 Å². The summed E-state index contributed by atoms with van der Waals surface area (Å²) in [6, 6.07) is 5.89. The van der Waals surface area contributed by atoms with E-state index in [4.69, 9.17) is 9.47 Å². The number of hydrogen-bond donors (Lipinski definition) is 1. The van der Waals surface area contributed by atoms with Crippen LogP contribution < -0.4 is 4.90 Å². The summed E-state index contributed by atoms with van der Waals surface area (Å²) >= 11 is 1.72. The zero-order valence-corrected chi connectivity index (χ0v) is 18.3. The highest BCUT2D eigenvalue weighted by molar-refractivity contribution is 8.00. The number of aromatic nitrogens is 1. The number of anilines is 1. The molecule has 0 aliphatic carbocycles. The summed E-state index contributed by atoms with van der Waals surface area (Å²) in [6.07, 6.45) is 1.01. The van der Waals surface area contributed by atoms with E-state index in [9.17, 15) is 9.90 Å². The average Bonchev–Trinajstić information content (AvgIpc) is 2.60. The lowest BCUT2D eigenvalue weighted by atomic mass is 10.1. The van der Waals surface area contributed by atoms with Crippen molar-refractivity contribution < 1.29 is 19.4 Å². The summed E-state index contributed by atoms with van der Waals surface area (Å²) in [7, 11) is 1.86. The van der Waals surface area contributed by atoms with E-state index in [-0.39, 0.29) is 10.3 Å². The number of aromatic carboxylic acids is 1.